The van der Waals surface area contributed by atoms with Crippen molar-refractivity contribution in [1.82, 2.24) is 25.3 Å². The number of aromatic nitrogens is 4. The van der Waals surface area contributed by atoms with E-state index in [2.05, 4.69) is 26.7 Å². The standard InChI is InChI=1S/C16H17N5O3/c1-10-11(12-4-2-3-5-13(12)18-10)6-7-17-15(22)9-21-8-14(16(23)24)19-20-21/h2-5,8,18H,6-7,9H2,1H3,(H,17,22)(H,23,24). The Balaban J connectivity index is 1.56. The number of aromatic amines is 1. The number of H-pyrrole nitrogens is 1. The summed E-state index contributed by atoms with van der Waals surface area (Å²) in [6, 6.07) is 8.05. The minimum Gasteiger partial charge on any atom is -0.476 e. The summed E-state index contributed by atoms with van der Waals surface area (Å²) in [5.41, 5.74) is 3.17. The molecule has 8 nitrogen and oxygen atoms in total. The van der Waals surface area contributed by atoms with Gasteiger partial charge < -0.3 is 15.4 Å². The van der Waals surface area contributed by atoms with Crippen molar-refractivity contribution in [3.05, 3.63) is 47.4 Å². The van der Waals surface area contributed by atoms with Gasteiger partial charge in [0.15, 0.2) is 5.69 Å². The molecule has 124 valence electrons. The summed E-state index contributed by atoms with van der Waals surface area (Å²) in [6.07, 6.45) is 1.94. The summed E-state index contributed by atoms with van der Waals surface area (Å²) in [6.45, 7) is 2.44. The molecule has 0 saturated heterocycles. The molecule has 1 aromatic carbocycles. The Morgan fingerprint density at radius 3 is 2.88 bits per heavy atom. The van der Waals surface area contributed by atoms with Crippen molar-refractivity contribution in [3.63, 3.8) is 0 Å². The average molecular weight is 327 g/mol. The highest BCUT2D eigenvalue weighted by Crippen LogP contribution is 2.21. The molecule has 0 unspecified atom stereocenters. The Morgan fingerprint density at radius 1 is 1.33 bits per heavy atom. The van der Waals surface area contributed by atoms with Gasteiger partial charge in [-0.15, -0.1) is 5.10 Å². The van der Waals surface area contributed by atoms with Crippen molar-refractivity contribution < 1.29 is 14.7 Å². The zero-order chi connectivity index (χ0) is 17.1. The van der Waals surface area contributed by atoms with E-state index in [1.165, 1.54) is 16.4 Å². The van der Waals surface area contributed by atoms with Gasteiger partial charge >= 0.3 is 5.97 Å². The van der Waals surface area contributed by atoms with Crippen LogP contribution in [0.25, 0.3) is 10.9 Å². The Labute approximate surface area is 137 Å². The molecule has 8 heteroatoms. The lowest BCUT2D eigenvalue weighted by Crippen LogP contribution is -2.29. The monoisotopic (exact) mass is 327 g/mol. The van der Waals surface area contributed by atoms with E-state index >= 15 is 0 Å². The number of aryl methyl sites for hydroxylation is 1. The molecule has 0 aliphatic heterocycles. The second-order valence-corrected chi connectivity index (χ2v) is 5.48. The topological polar surface area (TPSA) is 113 Å². The summed E-state index contributed by atoms with van der Waals surface area (Å²) in [4.78, 5) is 26.0. The normalized spacial score (nSPS) is 10.9. The number of nitrogens with zero attached hydrogens (tertiary/aromatic N) is 3. The molecule has 0 saturated carbocycles. The van der Waals surface area contributed by atoms with E-state index in [4.69, 9.17) is 5.11 Å². The molecule has 3 aromatic rings. The third kappa shape index (κ3) is 3.27. The van der Waals surface area contributed by atoms with Crippen LogP contribution in [0.3, 0.4) is 0 Å². The summed E-state index contributed by atoms with van der Waals surface area (Å²) in [5, 5.41) is 19.8. The number of carbonyl (C=O) groups is 2. The lowest BCUT2D eigenvalue weighted by atomic mass is 10.1. The van der Waals surface area contributed by atoms with E-state index in [9.17, 15) is 9.59 Å². The van der Waals surface area contributed by atoms with Crippen molar-refractivity contribution in [1.29, 1.82) is 0 Å². The maximum Gasteiger partial charge on any atom is 0.358 e. The highest BCUT2D eigenvalue weighted by atomic mass is 16.4. The van der Waals surface area contributed by atoms with Gasteiger partial charge in [0, 0.05) is 23.1 Å². The fourth-order valence-electron chi connectivity index (χ4n) is 2.66. The van der Waals surface area contributed by atoms with Crippen LogP contribution < -0.4 is 5.32 Å². The molecule has 0 bridgehead atoms. The number of nitrogens with one attached hydrogen (secondary N) is 2. The number of carboxylic acid groups (broad SMARTS) is 1. The van der Waals surface area contributed by atoms with Gasteiger partial charge in [-0.2, -0.15) is 0 Å². The summed E-state index contributed by atoms with van der Waals surface area (Å²) >= 11 is 0. The zero-order valence-electron chi connectivity index (χ0n) is 13.1. The number of hydrogen-bond donors (Lipinski definition) is 3. The first-order valence-electron chi connectivity index (χ1n) is 7.51. The molecule has 0 atom stereocenters. The van der Waals surface area contributed by atoms with Gasteiger partial charge in [-0.1, -0.05) is 23.4 Å². The first-order valence-corrected chi connectivity index (χ1v) is 7.51. The molecular formula is C16H17N5O3. The van der Waals surface area contributed by atoms with Gasteiger partial charge in [0.2, 0.25) is 5.91 Å². The van der Waals surface area contributed by atoms with Crippen molar-refractivity contribution >= 4 is 22.8 Å². The molecule has 1 amide bonds. The predicted molar refractivity (Wildman–Crippen MR) is 86.7 cm³/mol. The van der Waals surface area contributed by atoms with Crippen LogP contribution in [0, 0.1) is 6.92 Å². The number of aromatic carboxylic acids is 1. The number of amides is 1. The molecular weight excluding hydrogens is 310 g/mol. The van der Waals surface area contributed by atoms with Crippen molar-refractivity contribution in [2.45, 2.75) is 19.9 Å². The van der Waals surface area contributed by atoms with Gasteiger partial charge in [0.1, 0.15) is 6.54 Å². The molecule has 0 aliphatic rings. The van der Waals surface area contributed by atoms with Crippen molar-refractivity contribution in [2.24, 2.45) is 0 Å². The highest BCUT2D eigenvalue weighted by Gasteiger charge is 2.11. The van der Waals surface area contributed by atoms with E-state index in [1.54, 1.807) is 0 Å². The number of para-hydroxylation sites is 1. The minimum atomic E-state index is -1.17. The fraction of sp³-hybridized carbons (Fsp3) is 0.250. The second kappa shape index (κ2) is 6.53. The quantitative estimate of drug-likeness (QED) is 0.628. The maximum absolute atomic E-state index is 11.9. The number of rotatable bonds is 6. The Morgan fingerprint density at radius 2 is 2.12 bits per heavy atom. The third-order valence-corrected chi connectivity index (χ3v) is 3.79. The highest BCUT2D eigenvalue weighted by molar-refractivity contribution is 5.85. The molecule has 0 fully saturated rings. The predicted octanol–water partition coefficient (Wildman–Crippen LogP) is 1.12. The van der Waals surface area contributed by atoms with Crippen LogP contribution in [0.2, 0.25) is 0 Å². The first-order chi connectivity index (χ1) is 11.5. The van der Waals surface area contributed by atoms with Crippen LogP contribution in [0.4, 0.5) is 0 Å². The molecule has 0 spiro atoms. The molecule has 2 aromatic heterocycles. The smallest absolute Gasteiger partial charge is 0.358 e. The molecule has 0 radical (unpaired) electrons. The lowest BCUT2D eigenvalue weighted by Gasteiger charge is -2.05. The SMILES string of the molecule is Cc1[nH]c2ccccc2c1CCNC(=O)Cn1cc(C(=O)O)nn1. The van der Waals surface area contributed by atoms with E-state index < -0.39 is 5.97 Å². The van der Waals surface area contributed by atoms with E-state index in [0.717, 1.165) is 16.6 Å². The number of hydrogen-bond acceptors (Lipinski definition) is 4. The minimum absolute atomic E-state index is 0.0624. The molecule has 24 heavy (non-hydrogen) atoms. The molecule has 0 aliphatic carbocycles. The number of carbonyl (C=O) groups excluding carboxylic acids is 1. The zero-order valence-corrected chi connectivity index (χ0v) is 13.1. The summed E-state index contributed by atoms with van der Waals surface area (Å²) in [7, 11) is 0. The summed E-state index contributed by atoms with van der Waals surface area (Å²) < 4.78 is 1.20. The Bertz CT molecular complexity index is 896. The number of fused-ring (bicyclic) bond motifs is 1. The Hall–Kier alpha value is -3.16. The molecule has 3 rings (SSSR count). The van der Waals surface area contributed by atoms with Crippen molar-refractivity contribution in [2.75, 3.05) is 6.54 Å². The largest absolute Gasteiger partial charge is 0.476 e. The van der Waals surface area contributed by atoms with E-state index in [-0.39, 0.29) is 18.1 Å². The number of benzene rings is 1. The van der Waals surface area contributed by atoms with E-state index in [1.807, 2.05) is 25.1 Å². The van der Waals surface area contributed by atoms with Crippen LogP contribution in [0.1, 0.15) is 21.7 Å². The van der Waals surface area contributed by atoms with Gasteiger partial charge in [-0.3, -0.25) is 4.79 Å². The first kappa shape index (κ1) is 15.7. The second-order valence-electron chi connectivity index (χ2n) is 5.48. The molecule has 3 N–H and O–H groups in total. The maximum atomic E-state index is 11.9. The van der Waals surface area contributed by atoms with Gasteiger partial charge in [-0.05, 0) is 25.0 Å². The lowest BCUT2D eigenvalue weighted by molar-refractivity contribution is -0.121. The van der Waals surface area contributed by atoms with Crippen LogP contribution in [0.15, 0.2) is 30.5 Å². The third-order valence-electron chi connectivity index (χ3n) is 3.79. The molecule has 2 heterocycles. The Kier molecular flexibility index (Phi) is 4.28. The van der Waals surface area contributed by atoms with Gasteiger partial charge in [0.25, 0.3) is 0 Å². The van der Waals surface area contributed by atoms with E-state index in [0.29, 0.717) is 13.0 Å². The van der Waals surface area contributed by atoms with Gasteiger partial charge in [0.05, 0.1) is 6.20 Å². The van der Waals surface area contributed by atoms with Crippen LogP contribution in [0.5, 0.6) is 0 Å². The van der Waals surface area contributed by atoms with Crippen molar-refractivity contribution in [3.8, 4) is 0 Å². The van der Waals surface area contributed by atoms with Crippen LogP contribution in [-0.2, 0) is 17.8 Å². The fourth-order valence-corrected chi connectivity index (χ4v) is 2.66. The van der Waals surface area contributed by atoms with Crippen LogP contribution >= 0.6 is 0 Å². The van der Waals surface area contributed by atoms with Crippen LogP contribution in [-0.4, -0.2) is 43.5 Å². The average Bonchev–Trinajstić information content (AvgIpc) is 3.12. The van der Waals surface area contributed by atoms with Gasteiger partial charge in [-0.25, -0.2) is 9.48 Å². The summed E-state index contributed by atoms with van der Waals surface area (Å²) in [5.74, 6) is -1.41. The number of carboxylic acids is 1.